The lowest BCUT2D eigenvalue weighted by atomic mass is 10.1. The maximum atomic E-state index is 10.7. The molecule has 0 heterocycles. The van der Waals surface area contributed by atoms with E-state index in [9.17, 15) is 10.1 Å². The predicted molar refractivity (Wildman–Crippen MR) is 67.7 cm³/mol. The van der Waals surface area contributed by atoms with Crippen LogP contribution in [0.15, 0.2) is 18.2 Å². The third-order valence-corrected chi connectivity index (χ3v) is 2.68. The summed E-state index contributed by atoms with van der Waals surface area (Å²) in [6, 6.07) is 4.64. The summed E-state index contributed by atoms with van der Waals surface area (Å²) >= 11 is 0. The molecule has 0 radical (unpaired) electrons. The zero-order valence-corrected chi connectivity index (χ0v) is 10.5. The average Bonchev–Trinajstić information content (AvgIpc) is 2.36. The normalized spacial score (nSPS) is 12.2. The van der Waals surface area contributed by atoms with E-state index in [4.69, 9.17) is 9.84 Å². The molecule has 0 aliphatic carbocycles. The van der Waals surface area contributed by atoms with E-state index in [0.717, 1.165) is 5.56 Å². The van der Waals surface area contributed by atoms with Crippen LogP contribution in [0, 0.1) is 10.1 Å². The number of nitrogens with one attached hydrogen (secondary N) is 1. The van der Waals surface area contributed by atoms with Crippen molar-refractivity contribution in [3.63, 3.8) is 0 Å². The van der Waals surface area contributed by atoms with E-state index in [0.29, 0.717) is 18.7 Å². The Kier molecular flexibility index (Phi) is 5.54. The second-order valence-corrected chi connectivity index (χ2v) is 4.05. The number of methoxy groups -OCH3 is 1. The summed E-state index contributed by atoms with van der Waals surface area (Å²) in [5.74, 6) is 0.615. The van der Waals surface area contributed by atoms with Crippen molar-refractivity contribution < 1.29 is 14.8 Å². The maximum absolute atomic E-state index is 10.7. The van der Waals surface area contributed by atoms with Gasteiger partial charge in [-0.05, 0) is 19.4 Å². The van der Waals surface area contributed by atoms with Crippen molar-refractivity contribution in [3.05, 3.63) is 33.9 Å². The molecule has 0 bridgehead atoms. The second kappa shape index (κ2) is 6.93. The van der Waals surface area contributed by atoms with Gasteiger partial charge >= 0.3 is 0 Å². The van der Waals surface area contributed by atoms with Gasteiger partial charge in [-0.15, -0.1) is 0 Å². The van der Waals surface area contributed by atoms with Gasteiger partial charge < -0.3 is 15.2 Å². The zero-order valence-electron chi connectivity index (χ0n) is 10.5. The summed E-state index contributed by atoms with van der Waals surface area (Å²) in [5.41, 5.74) is 0.777. The standard InChI is InChI=1S/C12H18N2O4/c1-9(5-6-15)13-8-10-7-11(14(16)17)3-4-12(10)18-2/h3-4,7,9,13,15H,5-6,8H2,1-2H3. The highest BCUT2D eigenvalue weighted by Crippen LogP contribution is 2.23. The number of rotatable bonds is 7. The van der Waals surface area contributed by atoms with Crippen LogP contribution in [0.3, 0.4) is 0 Å². The topological polar surface area (TPSA) is 84.6 Å². The molecule has 0 saturated heterocycles. The molecule has 2 N–H and O–H groups in total. The number of hydrogen-bond acceptors (Lipinski definition) is 5. The van der Waals surface area contributed by atoms with Crippen molar-refractivity contribution in [2.24, 2.45) is 0 Å². The lowest BCUT2D eigenvalue weighted by Gasteiger charge is -2.14. The smallest absolute Gasteiger partial charge is 0.270 e. The molecule has 1 rings (SSSR count). The number of benzene rings is 1. The lowest BCUT2D eigenvalue weighted by molar-refractivity contribution is -0.384. The number of nitro benzene ring substituents is 1. The Hall–Kier alpha value is -1.66. The van der Waals surface area contributed by atoms with E-state index in [2.05, 4.69) is 5.32 Å². The predicted octanol–water partition coefficient (Wildman–Crippen LogP) is 1.46. The molecule has 0 amide bonds. The second-order valence-electron chi connectivity index (χ2n) is 4.05. The van der Waals surface area contributed by atoms with Gasteiger partial charge in [-0.25, -0.2) is 0 Å². The Morgan fingerprint density at radius 2 is 2.28 bits per heavy atom. The van der Waals surface area contributed by atoms with E-state index in [1.165, 1.54) is 19.2 Å². The van der Waals surface area contributed by atoms with Gasteiger partial charge in [0.2, 0.25) is 0 Å². The molecule has 6 heteroatoms. The third kappa shape index (κ3) is 3.97. The summed E-state index contributed by atoms with van der Waals surface area (Å²) in [5, 5.41) is 22.7. The summed E-state index contributed by atoms with van der Waals surface area (Å²) in [4.78, 5) is 10.3. The largest absolute Gasteiger partial charge is 0.496 e. The van der Waals surface area contributed by atoms with Crippen LogP contribution in [0.1, 0.15) is 18.9 Å². The van der Waals surface area contributed by atoms with Crippen molar-refractivity contribution in [3.8, 4) is 5.75 Å². The minimum Gasteiger partial charge on any atom is -0.496 e. The summed E-state index contributed by atoms with van der Waals surface area (Å²) in [7, 11) is 1.53. The Balaban J connectivity index is 2.78. The number of nitrogens with zero attached hydrogens (tertiary/aromatic N) is 1. The summed E-state index contributed by atoms with van der Waals surface area (Å²) in [6.07, 6.45) is 0.636. The fourth-order valence-corrected chi connectivity index (χ4v) is 1.60. The Labute approximate surface area is 106 Å². The molecule has 1 aromatic rings. The van der Waals surface area contributed by atoms with Gasteiger partial charge in [-0.1, -0.05) is 0 Å². The number of ether oxygens (including phenoxy) is 1. The Morgan fingerprint density at radius 3 is 2.83 bits per heavy atom. The van der Waals surface area contributed by atoms with Crippen molar-refractivity contribution in [1.29, 1.82) is 0 Å². The molecule has 1 unspecified atom stereocenters. The van der Waals surface area contributed by atoms with Crippen molar-refractivity contribution in [2.75, 3.05) is 13.7 Å². The van der Waals surface area contributed by atoms with Crippen LogP contribution in [0.2, 0.25) is 0 Å². The first-order chi connectivity index (χ1) is 8.58. The summed E-state index contributed by atoms with van der Waals surface area (Å²) < 4.78 is 5.16. The molecule has 18 heavy (non-hydrogen) atoms. The Morgan fingerprint density at radius 1 is 1.56 bits per heavy atom. The highest BCUT2D eigenvalue weighted by Gasteiger charge is 2.11. The van der Waals surface area contributed by atoms with Crippen LogP contribution in [-0.4, -0.2) is 29.8 Å². The van der Waals surface area contributed by atoms with Crippen molar-refractivity contribution in [2.45, 2.75) is 25.9 Å². The SMILES string of the molecule is COc1ccc([N+](=O)[O-])cc1CNC(C)CCO. The van der Waals surface area contributed by atoms with Gasteiger partial charge in [0.15, 0.2) is 0 Å². The van der Waals surface area contributed by atoms with E-state index in [1.54, 1.807) is 6.07 Å². The monoisotopic (exact) mass is 254 g/mol. The first-order valence-corrected chi connectivity index (χ1v) is 5.74. The van der Waals surface area contributed by atoms with E-state index >= 15 is 0 Å². The highest BCUT2D eigenvalue weighted by molar-refractivity contribution is 5.43. The average molecular weight is 254 g/mol. The quantitative estimate of drug-likeness (QED) is 0.568. The zero-order chi connectivity index (χ0) is 13.5. The number of nitro groups is 1. The van der Waals surface area contributed by atoms with Gasteiger partial charge in [-0.2, -0.15) is 0 Å². The fourth-order valence-electron chi connectivity index (χ4n) is 1.60. The van der Waals surface area contributed by atoms with Gasteiger partial charge in [0, 0.05) is 36.9 Å². The molecule has 0 spiro atoms. The van der Waals surface area contributed by atoms with Crippen LogP contribution >= 0.6 is 0 Å². The summed E-state index contributed by atoms with van der Waals surface area (Å²) in [6.45, 7) is 2.52. The van der Waals surface area contributed by atoms with Crippen LogP contribution in [0.4, 0.5) is 5.69 Å². The van der Waals surface area contributed by atoms with Crippen LogP contribution in [0.25, 0.3) is 0 Å². The molecule has 0 saturated carbocycles. The number of aliphatic hydroxyl groups excluding tert-OH is 1. The van der Waals surface area contributed by atoms with Crippen LogP contribution in [-0.2, 0) is 6.54 Å². The fraction of sp³-hybridized carbons (Fsp3) is 0.500. The molecule has 6 nitrogen and oxygen atoms in total. The minimum absolute atomic E-state index is 0.0439. The molecule has 1 aromatic carbocycles. The molecule has 0 aliphatic heterocycles. The number of non-ortho nitro benzene ring substituents is 1. The van der Waals surface area contributed by atoms with Gasteiger partial charge in [0.1, 0.15) is 5.75 Å². The van der Waals surface area contributed by atoms with Gasteiger partial charge in [0.05, 0.1) is 12.0 Å². The third-order valence-electron chi connectivity index (χ3n) is 2.68. The number of hydrogen-bond donors (Lipinski definition) is 2. The van der Waals surface area contributed by atoms with Crippen LogP contribution in [0.5, 0.6) is 5.75 Å². The van der Waals surface area contributed by atoms with Gasteiger partial charge in [0.25, 0.3) is 5.69 Å². The molecule has 0 aromatic heterocycles. The molecular formula is C12H18N2O4. The minimum atomic E-state index is -0.430. The maximum Gasteiger partial charge on any atom is 0.270 e. The Bertz CT molecular complexity index is 409. The molecule has 0 fully saturated rings. The first-order valence-electron chi connectivity index (χ1n) is 5.74. The van der Waals surface area contributed by atoms with E-state index in [-0.39, 0.29) is 18.3 Å². The molecule has 0 aliphatic rings. The van der Waals surface area contributed by atoms with Gasteiger partial charge in [-0.3, -0.25) is 10.1 Å². The van der Waals surface area contributed by atoms with E-state index < -0.39 is 4.92 Å². The van der Waals surface area contributed by atoms with E-state index in [1.807, 2.05) is 6.92 Å². The molecular weight excluding hydrogens is 236 g/mol. The first kappa shape index (κ1) is 14.4. The van der Waals surface area contributed by atoms with Crippen molar-refractivity contribution >= 4 is 5.69 Å². The van der Waals surface area contributed by atoms with Crippen molar-refractivity contribution in [1.82, 2.24) is 5.32 Å². The highest BCUT2D eigenvalue weighted by atomic mass is 16.6. The molecule has 1 atom stereocenters. The number of aliphatic hydroxyl groups is 1. The van der Waals surface area contributed by atoms with Crippen LogP contribution < -0.4 is 10.1 Å². The molecule has 100 valence electrons. The lowest BCUT2D eigenvalue weighted by Crippen LogP contribution is -2.26.